The van der Waals surface area contributed by atoms with Gasteiger partial charge in [-0.15, -0.1) is 0 Å². The highest BCUT2D eigenvalue weighted by molar-refractivity contribution is 5.74. The molecule has 0 spiro atoms. The van der Waals surface area contributed by atoms with Gasteiger partial charge in [-0.05, 0) is 46.0 Å². The average molecular weight is 311 g/mol. The van der Waals surface area contributed by atoms with Crippen molar-refractivity contribution in [2.75, 3.05) is 27.2 Å². The standard InChI is InChI=1S/C16H23F2N3O/c1-11(14-5-4-12(17)10-15(14)18)19-16(22)21(3)13-6-8-20(2)9-7-13/h4-5,10-11,13H,6-9H2,1-3H3,(H,19,22). The molecule has 2 amide bonds. The number of likely N-dealkylation sites (tertiary alicyclic amines) is 1. The maximum absolute atomic E-state index is 13.7. The van der Waals surface area contributed by atoms with Crippen molar-refractivity contribution >= 4 is 6.03 Å². The smallest absolute Gasteiger partial charge is 0.317 e. The SMILES string of the molecule is CC(NC(=O)N(C)C1CCN(C)CC1)c1ccc(F)cc1F. The summed E-state index contributed by atoms with van der Waals surface area (Å²) in [6.07, 6.45) is 1.86. The Morgan fingerprint density at radius 3 is 2.59 bits per heavy atom. The minimum Gasteiger partial charge on any atom is -0.331 e. The van der Waals surface area contributed by atoms with Crippen LogP contribution in [0.2, 0.25) is 0 Å². The lowest BCUT2D eigenvalue weighted by Gasteiger charge is -2.35. The van der Waals surface area contributed by atoms with Crippen LogP contribution in [0.25, 0.3) is 0 Å². The molecule has 122 valence electrons. The second-order valence-electron chi connectivity index (χ2n) is 5.98. The Kier molecular flexibility index (Phi) is 5.34. The molecule has 1 heterocycles. The number of hydrogen-bond donors (Lipinski definition) is 1. The molecule has 0 bridgehead atoms. The third-order valence-corrected chi connectivity index (χ3v) is 4.33. The molecule has 1 aromatic carbocycles. The van der Waals surface area contributed by atoms with Gasteiger partial charge >= 0.3 is 6.03 Å². The number of urea groups is 1. The van der Waals surface area contributed by atoms with Crippen LogP contribution in [-0.4, -0.2) is 49.1 Å². The average Bonchev–Trinajstić information content (AvgIpc) is 2.47. The zero-order valence-corrected chi connectivity index (χ0v) is 13.3. The summed E-state index contributed by atoms with van der Waals surface area (Å²) >= 11 is 0. The van der Waals surface area contributed by atoms with Gasteiger partial charge in [0.1, 0.15) is 11.6 Å². The molecule has 1 aliphatic heterocycles. The van der Waals surface area contributed by atoms with Gasteiger partial charge in [0.15, 0.2) is 0 Å². The maximum Gasteiger partial charge on any atom is 0.317 e. The molecule has 1 aliphatic rings. The van der Waals surface area contributed by atoms with Gasteiger partial charge in [-0.1, -0.05) is 6.07 Å². The fraction of sp³-hybridized carbons (Fsp3) is 0.562. The van der Waals surface area contributed by atoms with Gasteiger partial charge < -0.3 is 15.1 Å². The van der Waals surface area contributed by atoms with Crippen molar-refractivity contribution in [3.05, 3.63) is 35.4 Å². The molecule has 6 heteroatoms. The Morgan fingerprint density at radius 2 is 2.00 bits per heavy atom. The number of nitrogens with zero attached hydrogens (tertiary/aromatic N) is 2. The summed E-state index contributed by atoms with van der Waals surface area (Å²) in [5, 5.41) is 2.78. The number of amides is 2. The normalized spacial score (nSPS) is 18.0. The Labute approximate surface area is 130 Å². The highest BCUT2D eigenvalue weighted by Crippen LogP contribution is 2.19. The molecule has 1 saturated heterocycles. The first-order valence-corrected chi connectivity index (χ1v) is 7.55. The zero-order chi connectivity index (χ0) is 16.3. The maximum atomic E-state index is 13.7. The number of carbonyl (C=O) groups excluding carboxylic acids is 1. The Hall–Kier alpha value is -1.69. The van der Waals surface area contributed by atoms with Crippen molar-refractivity contribution in [1.29, 1.82) is 0 Å². The van der Waals surface area contributed by atoms with Crippen molar-refractivity contribution in [2.45, 2.75) is 31.8 Å². The number of hydrogen-bond acceptors (Lipinski definition) is 2. The van der Waals surface area contributed by atoms with Crippen LogP contribution < -0.4 is 5.32 Å². The fourth-order valence-electron chi connectivity index (χ4n) is 2.77. The van der Waals surface area contributed by atoms with Gasteiger partial charge in [-0.3, -0.25) is 0 Å². The van der Waals surface area contributed by atoms with Crippen LogP contribution >= 0.6 is 0 Å². The van der Waals surface area contributed by atoms with E-state index in [4.69, 9.17) is 0 Å². The lowest BCUT2D eigenvalue weighted by atomic mass is 10.0. The second kappa shape index (κ2) is 7.05. The molecular formula is C16H23F2N3O. The Balaban J connectivity index is 1.95. The molecule has 1 unspecified atom stereocenters. The summed E-state index contributed by atoms with van der Waals surface area (Å²) in [7, 11) is 3.83. The highest BCUT2D eigenvalue weighted by Gasteiger charge is 2.25. The molecule has 2 rings (SSSR count). The number of piperidine rings is 1. The molecule has 22 heavy (non-hydrogen) atoms. The third kappa shape index (κ3) is 3.94. The van der Waals surface area contributed by atoms with Crippen LogP contribution in [0.5, 0.6) is 0 Å². The third-order valence-electron chi connectivity index (χ3n) is 4.33. The van der Waals surface area contributed by atoms with Crippen molar-refractivity contribution in [1.82, 2.24) is 15.1 Å². The molecule has 0 radical (unpaired) electrons. The van der Waals surface area contributed by atoms with E-state index in [1.165, 1.54) is 12.1 Å². The lowest BCUT2D eigenvalue weighted by molar-refractivity contribution is 0.146. The van der Waals surface area contributed by atoms with Gasteiger partial charge in [-0.2, -0.15) is 0 Å². The highest BCUT2D eigenvalue weighted by atomic mass is 19.1. The Morgan fingerprint density at radius 1 is 1.36 bits per heavy atom. The predicted molar refractivity (Wildman–Crippen MR) is 81.6 cm³/mol. The summed E-state index contributed by atoms with van der Waals surface area (Å²) in [6.45, 7) is 3.62. The van der Waals surface area contributed by atoms with Crippen LogP contribution in [-0.2, 0) is 0 Å². The van der Waals surface area contributed by atoms with E-state index in [0.717, 1.165) is 32.0 Å². The van der Waals surface area contributed by atoms with Crippen molar-refractivity contribution < 1.29 is 13.6 Å². The summed E-state index contributed by atoms with van der Waals surface area (Å²) in [4.78, 5) is 16.2. The van der Waals surface area contributed by atoms with Crippen LogP contribution in [0.4, 0.5) is 13.6 Å². The van der Waals surface area contributed by atoms with Crippen LogP contribution in [0.1, 0.15) is 31.4 Å². The molecule has 4 nitrogen and oxygen atoms in total. The molecule has 1 aromatic rings. The summed E-state index contributed by atoms with van der Waals surface area (Å²) in [6, 6.07) is 2.85. The van der Waals surface area contributed by atoms with Crippen molar-refractivity contribution in [3.63, 3.8) is 0 Å². The molecule has 0 aromatic heterocycles. The van der Waals surface area contributed by atoms with Crippen LogP contribution in [0, 0.1) is 11.6 Å². The van der Waals surface area contributed by atoms with E-state index in [1.54, 1.807) is 18.9 Å². The lowest BCUT2D eigenvalue weighted by Crippen LogP contribution is -2.48. The zero-order valence-electron chi connectivity index (χ0n) is 13.3. The largest absolute Gasteiger partial charge is 0.331 e. The summed E-state index contributed by atoms with van der Waals surface area (Å²) in [5.74, 6) is -1.27. The second-order valence-corrected chi connectivity index (χ2v) is 5.98. The van der Waals surface area contributed by atoms with Gasteiger partial charge in [0, 0.05) is 24.7 Å². The van der Waals surface area contributed by atoms with Crippen molar-refractivity contribution in [2.24, 2.45) is 0 Å². The molecule has 0 saturated carbocycles. The first kappa shape index (κ1) is 16.7. The molecule has 1 N–H and O–H groups in total. The number of halogens is 2. The van der Waals surface area contributed by atoms with E-state index in [0.29, 0.717) is 0 Å². The van der Waals surface area contributed by atoms with E-state index in [1.807, 2.05) is 0 Å². The first-order valence-electron chi connectivity index (χ1n) is 7.55. The van der Waals surface area contributed by atoms with Gasteiger partial charge in [0.05, 0.1) is 6.04 Å². The fourth-order valence-corrected chi connectivity index (χ4v) is 2.77. The van der Waals surface area contributed by atoms with Crippen LogP contribution in [0.15, 0.2) is 18.2 Å². The minimum atomic E-state index is -0.644. The topological polar surface area (TPSA) is 35.6 Å². The van der Waals surface area contributed by atoms with E-state index in [9.17, 15) is 13.6 Å². The predicted octanol–water partition coefficient (Wildman–Crippen LogP) is 2.76. The van der Waals surface area contributed by atoms with E-state index in [-0.39, 0.29) is 17.6 Å². The minimum absolute atomic E-state index is 0.196. The quantitative estimate of drug-likeness (QED) is 0.932. The Bertz CT molecular complexity index is 530. The van der Waals surface area contributed by atoms with Crippen LogP contribution in [0.3, 0.4) is 0 Å². The number of carbonyl (C=O) groups is 1. The van der Waals surface area contributed by atoms with Gasteiger partial charge in [0.25, 0.3) is 0 Å². The summed E-state index contributed by atoms with van der Waals surface area (Å²) in [5.41, 5.74) is 0.284. The van der Waals surface area contributed by atoms with E-state index >= 15 is 0 Å². The molecule has 1 fully saturated rings. The summed E-state index contributed by atoms with van der Waals surface area (Å²) < 4.78 is 26.7. The van der Waals surface area contributed by atoms with E-state index in [2.05, 4.69) is 17.3 Å². The van der Waals surface area contributed by atoms with Gasteiger partial charge in [-0.25, -0.2) is 13.6 Å². The number of rotatable bonds is 3. The first-order chi connectivity index (χ1) is 10.4. The van der Waals surface area contributed by atoms with Crippen molar-refractivity contribution in [3.8, 4) is 0 Å². The number of benzene rings is 1. The van der Waals surface area contributed by atoms with Gasteiger partial charge in [0.2, 0.25) is 0 Å². The molecule has 1 atom stereocenters. The molecular weight excluding hydrogens is 288 g/mol. The molecule has 0 aliphatic carbocycles. The number of nitrogens with one attached hydrogen (secondary N) is 1. The monoisotopic (exact) mass is 311 g/mol. The van der Waals surface area contributed by atoms with E-state index < -0.39 is 17.7 Å².